The molecular formula is C21H22N4O2S. The van der Waals surface area contributed by atoms with Crippen molar-refractivity contribution >= 4 is 17.7 Å². The number of thioether (sulfide) groups is 1. The molecule has 1 N–H and O–H groups in total. The Hall–Kier alpha value is -2.80. The molecule has 1 fully saturated rings. The number of hydrogen-bond donors (Lipinski definition) is 1. The zero-order valence-electron chi connectivity index (χ0n) is 15.7. The highest BCUT2D eigenvalue weighted by Crippen LogP contribution is 2.36. The van der Waals surface area contributed by atoms with Gasteiger partial charge < -0.3 is 9.64 Å². The molecule has 1 saturated heterocycles. The van der Waals surface area contributed by atoms with Crippen LogP contribution < -0.4 is 4.74 Å². The smallest absolute Gasteiger partial charge is 0.240 e. The van der Waals surface area contributed by atoms with E-state index in [9.17, 15) is 4.79 Å². The SMILES string of the molecule is COc1ccc(-c2nc(S[C@@H](C(=O)N3CCCC3)c3ccccc3)n[nH]2)cc1. The molecule has 4 rings (SSSR count). The number of benzene rings is 2. The summed E-state index contributed by atoms with van der Waals surface area (Å²) >= 11 is 1.39. The van der Waals surface area contributed by atoms with Crippen LogP contribution in [0.3, 0.4) is 0 Å². The van der Waals surface area contributed by atoms with Crippen LogP contribution in [0.1, 0.15) is 23.7 Å². The molecule has 1 aliphatic heterocycles. The molecule has 2 aromatic carbocycles. The number of carbonyl (C=O) groups is 1. The van der Waals surface area contributed by atoms with Crippen LogP contribution >= 0.6 is 11.8 Å². The number of H-pyrrole nitrogens is 1. The summed E-state index contributed by atoms with van der Waals surface area (Å²) in [4.78, 5) is 19.7. The van der Waals surface area contributed by atoms with Crippen LogP contribution in [0.15, 0.2) is 59.8 Å². The summed E-state index contributed by atoms with van der Waals surface area (Å²) in [7, 11) is 1.64. The average molecular weight is 395 g/mol. The minimum Gasteiger partial charge on any atom is -0.497 e. The molecule has 28 heavy (non-hydrogen) atoms. The topological polar surface area (TPSA) is 71.1 Å². The highest BCUT2D eigenvalue weighted by atomic mass is 32.2. The highest BCUT2D eigenvalue weighted by molar-refractivity contribution is 8.00. The van der Waals surface area contributed by atoms with Gasteiger partial charge in [0.1, 0.15) is 11.0 Å². The molecule has 1 aliphatic rings. The van der Waals surface area contributed by atoms with Gasteiger partial charge in [-0.15, -0.1) is 5.10 Å². The normalized spacial score (nSPS) is 14.8. The second-order valence-corrected chi connectivity index (χ2v) is 7.71. The Morgan fingerprint density at radius 1 is 1.11 bits per heavy atom. The van der Waals surface area contributed by atoms with Crippen LogP contribution in [-0.4, -0.2) is 46.2 Å². The minimum absolute atomic E-state index is 0.129. The van der Waals surface area contributed by atoms with Gasteiger partial charge in [0.25, 0.3) is 0 Å². The van der Waals surface area contributed by atoms with Gasteiger partial charge in [-0.1, -0.05) is 42.1 Å². The molecule has 0 spiro atoms. The fourth-order valence-corrected chi connectivity index (χ4v) is 4.27. The number of nitrogens with zero attached hydrogens (tertiary/aromatic N) is 3. The Balaban J connectivity index is 1.56. The van der Waals surface area contributed by atoms with Gasteiger partial charge in [-0.25, -0.2) is 4.98 Å². The fourth-order valence-electron chi connectivity index (χ4n) is 3.27. The van der Waals surface area contributed by atoms with E-state index >= 15 is 0 Å². The van der Waals surface area contributed by atoms with Gasteiger partial charge in [-0.05, 0) is 42.7 Å². The summed E-state index contributed by atoms with van der Waals surface area (Å²) in [6.07, 6.45) is 2.14. The molecule has 7 heteroatoms. The Morgan fingerprint density at radius 2 is 1.82 bits per heavy atom. The number of methoxy groups -OCH3 is 1. The summed E-state index contributed by atoms with van der Waals surface area (Å²) in [5.41, 5.74) is 1.89. The third-order valence-corrected chi connectivity index (χ3v) is 5.90. The van der Waals surface area contributed by atoms with Gasteiger partial charge >= 0.3 is 0 Å². The number of ether oxygens (including phenoxy) is 1. The summed E-state index contributed by atoms with van der Waals surface area (Å²) < 4.78 is 5.19. The third kappa shape index (κ3) is 4.04. The number of aromatic nitrogens is 3. The fraction of sp³-hybridized carbons (Fsp3) is 0.286. The van der Waals surface area contributed by atoms with E-state index in [1.54, 1.807) is 7.11 Å². The molecule has 6 nitrogen and oxygen atoms in total. The maximum atomic E-state index is 13.1. The van der Waals surface area contributed by atoms with E-state index in [1.165, 1.54) is 11.8 Å². The molecule has 0 radical (unpaired) electrons. The first-order chi connectivity index (χ1) is 13.7. The van der Waals surface area contributed by atoms with Crippen molar-refractivity contribution in [1.82, 2.24) is 20.1 Å². The van der Waals surface area contributed by atoms with Gasteiger partial charge in [0.2, 0.25) is 11.1 Å². The Morgan fingerprint density at radius 3 is 2.50 bits per heavy atom. The van der Waals surface area contributed by atoms with Crippen molar-refractivity contribution < 1.29 is 9.53 Å². The van der Waals surface area contributed by atoms with E-state index < -0.39 is 0 Å². The summed E-state index contributed by atoms with van der Waals surface area (Å²) in [6, 6.07) is 17.5. The standard InChI is InChI=1S/C21H22N4O2S/c1-27-17-11-9-16(10-12-17)19-22-21(24-23-19)28-18(15-7-3-2-4-8-15)20(26)25-13-5-6-14-25/h2-4,7-12,18H,5-6,13-14H2,1H3,(H,22,23,24)/t18-/m1/s1. The molecule has 1 amide bonds. The summed E-state index contributed by atoms with van der Waals surface area (Å²) in [5.74, 6) is 1.59. The molecule has 1 atom stereocenters. The Kier molecular flexibility index (Phi) is 5.62. The first kappa shape index (κ1) is 18.6. The van der Waals surface area contributed by atoms with Crippen molar-refractivity contribution in [3.63, 3.8) is 0 Å². The number of amides is 1. The van der Waals surface area contributed by atoms with Gasteiger partial charge in [-0.2, -0.15) is 0 Å². The van der Waals surface area contributed by atoms with Crippen molar-refractivity contribution in [1.29, 1.82) is 0 Å². The molecule has 0 bridgehead atoms. The highest BCUT2D eigenvalue weighted by Gasteiger charge is 2.29. The van der Waals surface area contributed by atoms with Crippen molar-refractivity contribution in [3.8, 4) is 17.1 Å². The van der Waals surface area contributed by atoms with Crippen LogP contribution in [0.4, 0.5) is 0 Å². The predicted molar refractivity (Wildman–Crippen MR) is 109 cm³/mol. The Labute approximate surface area is 168 Å². The van der Waals surface area contributed by atoms with E-state index in [1.807, 2.05) is 59.5 Å². The number of aromatic amines is 1. The lowest BCUT2D eigenvalue weighted by molar-refractivity contribution is -0.129. The second-order valence-electron chi connectivity index (χ2n) is 6.64. The lowest BCUT2D eigenvalue weighted by Gasteiger charge is -2.22. The predicted octanol–water partition coefficient (Wildman–Crippen LogP) is 3.94. The zero-order valence-corrected chi connectivity index (χ0v) is 16.5. The van der Waals surface area contributed by atoms with E-state index in [2.05, 4.69) is 15.2 Å². The second kappa shape index (κ2) is 8.48. The number of rotatable bonds is 6. The van der Waals surface area contributed by atoms with Crippen molar-refractivity contribution in [3.05, 3.63) is 60.2 Å². The summed E-state index contributed by atoms with van der Waals surface area (Å²) in [5, 5.41) is 7.53. The summed E-state index contributed by atoms with van der Waals surface area (Å²) in [6.45, 7) is 1.65. The number of likely N-dealkylation sites (tertiary alicyclic amines) is 1. The molecule has 2 heterocycles. The average Bonchev–Trinajstić information content (AvgIpc) is 3.45. The number of carbonyl (C=O) groups excluding carboxylic acids is 1. The Bertz CT molecular complexity index is 921. The van der Waals surface area contributed by atoms with Crippen molar-refractivity contribution in [2.24, 2.45) is 0 Å². The first-order valence-electron chi connectivity index (χ1n) is 9.32. The minimum atomic E-state index is -0.348. The van der Waals surface area contributed by atoms with E-state index in [0.29, 0.717) is 11.0 Å². The lowest BCUT2D eigenvalue weighted by atomic mass is 10.1. The van der Waals surface area contributed by atoms with Crippen molar-refractivity contribution in [2.75, 3.05) is 20.2 Å². The molecular weight excluding hydrogens is 372 g/mol. The number of nitrogens with one attached hydrogen (secondary N) is 1. The van der Waals surface area contributed by atoms with Crippen LogP contribution in [-0.2, 0) is 4.79 Å². The molecule has 144 valence electrons. The van der Waals surface area contributed by atoms with Crippen LogP contribution in [0.5, 0.6) is 5.75 Å². The molecule has 0 unspecified atom stereocenters. The van der Waals surface area contributed by atoms with Crippen molar-refractivity contribution in [2.45, 2.75) is 23.2 Å². The molecule has 1 aromatic heterocycles. The van der Waals surface area contributed by atoms with E-state index in [4.69, 9.17) is 4.74 Å². The monoisotopic (exact) mass is 394 g/mol. The number of hydrogen-bond acceptors (Lipinski definition) is 5. The van der Waals surface area contributed by atoms with Crippen LogP contribution in [0.25, 0.3) is 11.4 Å². The van der Waals surface area contributed by atoms with Crippen LogP contribution in [0, 0.1) is 0 Å². The molecule has 3 aromatic rings. The zero-order chi connectivity index (χ0) is 19.3. The van der Waals surface area contributed by atoms with E-state index in [-0.39, 0.29) is 11.2 Å². The first-order valence-corrected chi connectivity index (χ1v) is 10.2. The molecule has 0 aliphatic carbocycles. The lowest BCUT2D eigenvalue weighted by Crippen LogP contribution is -2.31. The van der Waals surface area contributed by atoms with Gasteiger partial charge in [0.05, 0.1) is 7.11 Å². The molecule has 0 saturated carbocycles. The third-order valence-electron chi connectivity index (χ3n) is 4.80. The van der Waals surface area contributed by atoms with Gasteiger partial charge in [-0.3, -0.25) is 9.89 Å². The van der Waals surface area contributed by atoms with Gasteiger partial charge in [0, 0.05) is 18.7 Å². The maximum absolute atomic E-state index is 13.1. The quantitative estimate of drug-likeness (QED) is 0.641. The van der Waals surface area contributed by atoms with Gasteiger partial charge in [0.15, 0.2) is 5.82 Å². The largest absolute Gasteiger partial charge is 0.497 e. The van der Waals surface area contributed by atoms with Crippen LogP contribution in [0.2, 0.25) is 0 Å². The van der Waals surface area contributed by atoms with E-state index in [0.717, 1.165) is 42.8 Å². The maximum Gasteiger partial charge on any atom is 0.240 e.